The number of benzene rings is 1. The fraction of sp³-hybridized carbons (Fsp3) is 0.571. The first-order valence-corrected chi connectivity index (χ1v) is 9.92. The van der Waals surface area contributed by atoms with Crippen molar-refractivity contribution in [3.8, 4) is 0 Å². The Labute approximate surface area is 178 Å². The van der Waals surface area contributed by atoms with Crippen LogP contribution in [0.3, 0.4) is 0 Å². The summed E-state index contributed by atoms with van der Waals surface area (Å²) in [5.41, 5.74) is 2.60. The maximum absolute atomic E-state index is 6.10. The first-order chi connectivity index (χ1) is 12.8. The van der Waals surface area contributed by atoms with Crippen molar-refractivity contribution in [2.75, 3.05) is 38.1 Å². The Hall–Kier alpha value is -1.28. The largest absolute Gasteiger partial charge is 0.374 e. The van der Waals surface area contributed by atoms with Gasteiger partial charge in [0.15, 0.2) is 5.96 Å². The third-order valence-electron chi connectivity index (χ3n) is 6.51. The lowest BCUT2D eigenvalue weighted by Crippen LogP contribution is -2.41. The molecule has 2 bridgehead atoms. The van der Waals surface area contributed by atoms with Gasteiger partial charge in [0.25, 0.3) is 0 Å². The molecule has 1 aromatic carbocycles. The Morgan fingerprint density at radius 1 is 1.15 bits per heavy atom. The van der Waals surface area contributed by atoms with Crippen LogP contribution in [0.2, 0.25) is 0 Å². The molecule has 4 unspecified atom stereocenters. The maximum atomic E-state index is 6.10. The molecule has 1 aromatic rings. The average Bonchev–Trinajstić information content (AvgIpc) is 3.44. The van der Waals surface area contributed by atoms with Crippen LogP contribution in [0, 0.1) is 11.8 Å². The number of ether oxygens (including phenoxy) is 1. The normalized spacial score (nSPS) is 31.4. The first-order valence-electron chi connectivity index (χ1n) is 9.92. The molecule has 0 radical (unpaired) electrons. The highest BCUT2D eigenvalue weighted by atomic mass is 127. The lowest BCUT2D eigenvalue weighted by atomic mass is 9.82. The predicted octanol–water partition coefficient (Wildman–Crippen LogP) is 2.87. The summed E-state index contributed by atoms with van der Waals surface area (Å²) >= 11 is 0. The van der Waals surface area contributed by atoms with Crippen molar-refractivity contribution in [3.05, 3.63) is 42.0 Å². The fourth-order valence-electron chi connectivity index (χ4n) is 5.20. The quantitative estimate of drug-likeness (QED) is 0.313. The van der Waals surface area contributed by atoms with Crippen molar-refractivity contribution >= 4 is 35.6 Å². The summed E-state index contributed by atoms with van der Waals surface area (Å²) in [7, 11) is 1.90. The van der Waals surface area contributed by atoms with E-state index in [9.17, 15) is 0 Å². The van der Waals surface area contributed by atoms with Gasteiger partial charge in [0.2, 0.25) is 0 Å². The molecule has 1 N–H and O–H groups in total. The molecule has 4 aliphatic heterocycles. The number of likely N-dealkylation sites (tertiary alicyclic amines) is 1. The lowest BCUT2D eigenvalue weighted by Gasteiger charge is -2.24. The van der Waals surface area contributed by atoms with E-state index in [4.69, 9.17) is 4.74 Å². The minimum Gasteiger partial charge on any atom is -0.374 e. The summed E-state index contributed by atoms with van der Waals surface area (Å²) in [5.74, 6) is 2.45. The molecule has 3 fully saturated rings. The number of nitrogens with one attached hydrogen (secondary N) is 1. The minimum absolute atomic E-state index is 0. The number of anilines is 1. The van der Waals surface area contributed by atoms with Gasteiger partial charge < -0.3 is 19.9 Å². The Morgan fingerprint density at radius 3 is 2.52 bits per heavy atom. The highest BCUT2D eigenvalue weighted by Gasteiger charge is 2.53. The molecule has 5 nitrogen and oxygen atoms in total. The van der Waals surface area contributed by atoms with Gasteiger partial charge in [-0.15, -0.1) is 24.0 Å². The van der Waals surface area contributed by atoms with Crippen LogP contribution in [-0.4, -0.2) is 56.3 Å². The molecule has 0 aliphatic carbocycles. The molecular weight excluding hydrogens is 451 g/mol. The van der Waals surface area contributed by atoms with Crippen LogP contribution in [-0.2, 0) is 11.3 Å². The molecule has 4 atom stereocenters. The molecule has 3 saturated heterocycles. The zero-order valence-electron chi connectivity index (χ0n) is 15.9. The summed E-state index contributed by atoms with van der Waals surface area (Å²) in [5, 5.41) is 3.59. The fourth-order valence-corrected chi connectivity index (χ4v) is 5.20. The van der Waals surface area contributed by atoms with Crippen molar-refractivity contribution in [1.29, 1.82) is 0 Å². The Morgan fingerprint density at radius 2 is 1.85 bits per heavy atom. The van der Waals surface area contributed by atoms with E-state index in [1.807, 2.05) is 7.05 Å². The molecule has 4 heterocycles. The zero-order valence-corrected chi connectivity index (χ0v) is 18.2. The lowest BCUT2D eigenvalue weighted by molar-refractivity contribution is 0.0767. The molecule has 0 aromatic heterocycles. The molecule has 0 amide bonds. The molecule has 27 heavy (non-hydrogen) atoms. The summed E-state index contributed by atoms with van der Waals surface area (Å²) < 4.78 is 6.10. The topological polar surface area (TPSA) is 40.1 Å². The van der Waals surface area contributed by atoms with Gasteiger partial charge in [-0.3, -0.25) is 4.99 Å². The number of fused-ring (bicyclic) bond motifs is 5. The minimum atomic E-state index is 0. The van der Waals surface area contributed by atoms with E-state index in [-0.39, 0.29) is 24.0 Å². The van der Waals surface area contributed by atoms with E-state index < -0.39 is 0 Å². The van der Waals surface area contributed by atoms with Crippen LogP contribution in [0.1, 0.15) is 18.4 Å². The van der Waals surface area contributed by atoms with Gasteiger partial charge in [0, 0.05) is 57.3 Å². The molecule has 5 rings (SSSR count). The number of halogens is 1. The third kappa shape index (κ3) is 3.58. The van der Waals surface area contributed by atoms with Gasteiger partial charge in [-0.2, -0.15) is 0 Å². The summed E-state index contributed by atoms with van der Waals surface area (Å²) in [6.45, 7) is 5.02. The van der Waals surface area contributed by atoms with E-state index in [0.717, 1.165) is 38.7 Å². The second-order valence-electron chi connectivity index (χ2n) is 7.97. The van der Waals surface area contributed by atoms with Crippen LogP contribution in [0.15, 0.2) is 41.4 Å². The monoisotopic (exact) mass is 480 g/mol. The van der Waals surface area contributed by atoms with Crippen LogP contribution in [0.4, 0.5) is 5.69 Å². The van der Waals surface area contributed by atoms with Crippen molar-refractivity contribution in [2.45, 2.75) is 31.6 Å². The molecule has 146 valence electrons. The Kier molecular flexibility index (Phi) is 5.64. The van der Waals surface area contributed by atoms with Crippen molar-refractivity contribution in [2.24, 2.45) is 16.8 Å². The summed E-state index contributed by atoms with van der Waals surface area (Å²) in [6.07, 6.45) is 7.97. The second-order valence-corrected chi connectivity index (χ2v) is 7.97. The highest BCUT2D eigenvalue weighted by molar-refractivity contribution is 14.0. The van der Waals surface area contributed by atoms with Crippen LogP contribution < -0.4 is 10.2 Å². The predicted molar refractivity (Wildman–Crippen MR) is 120 cm³/mol. The number of rotatable bonds is 3. The Balaban J connectivity index is 0.00000180. The van der Waals surface area contributed by atoms with E-state index >= 15 is 0 Å². The van der Waals surface area contributed by atoms with Crippen LogP contribution in [0.25, 0.3) is 0 Å². The smallest absolute Gasteiger partial charge is 0.193 e. The van der Waals surface area contributed by atoms with Crippen LogP contribution >= 0.6 is 24.0 Å². The molecular formula is C21H29IN4O. The molecule has 0 spiro atoms. The van der Waals surface area contributed by atoms with E-state index in [1.165, 1.54) is 24.1 Å². The third-order valence-corrected chi connectivity index (χ3v) is 6.51. The first kappa shape index (κ1) is 19.1. The standard InChI is InChI=1S/C21H28N4O.HI/c1-22-21(25-13-17-18(14-25)20-8-7-19(17)26-20)23-12-15-5-4-6-16(11-15)24-9-2-3-10-24;/h2-6,11,17-20H,7-10,12-14H2,1H3,(H,22,23);1H. The van der Waals surface area contributed by atoms with E-state index in [2.05, 4.69) is 56.5 Å². The van der Waals surface area contributed by atoms with E-state index in [0.29, 0.717) is 24.0 Å². The van der Waals surface area contributed by atoms with Crippen molar-refractivity contribution < 1.29 is 4.74 Å². The van der Waals surface area contributed by atoms with Gasteiger partial charge in [0.05, 0.1) is 12.2 Å². The van der Waals surface area contributed by atoms with Gasteiger partial charge in [-0.1, -0.05) is 24.3 Å². The van der Waals surface area contributed by atoms with Gasteiger partial charge >= 0.3 is 0 Å². The summed E-state index contributed by atoms with van der Waals surface area (Å²) in [6, 6.07) is 8.84. The number of hydrogen-bond donors (Lipinski definition) is 1. The van der Waals surface area contributed by atoms with Gasteiger partial charge in [-0.05, 0) is 30.5 Å². The summed E-state index contributed by atoms with van der Waals surface area (Å²) in [4.78, 5) is 9.38. The number of aliphatic imine (C=N–C) groups is 1. The Bertz CT molecular complexity index is 711. The zero-order chi connectivity index (χ0) is 17.5. The van der Waals surface area contributed by atoms with E-state index in [1.54, 1.807) is 0 Å². The SMILES string of the molecule is CN=C(NCc1cccc(N2CC=CC2)c1)N1CC2C3CCC(O3)C2C1.I. The number of guanidine groups is 1. The average molecular weight is 480 g/mol. The maximum Gasteiger partial charge on any atom is 0.193 e. The van der Waals surface area contributed by atoms with Crippen molar-refractivity contribution in [3.63, 3.8) is 0 Å². The van der Waals surface area contributed by atoms with Crippen molar-refractivity contribution in [1.82, 2.24) is 10.2 Å². The van der Waals surface area contributed by atoms with Gasteiger partial charge in [0.1, 0.15) is 0 Å². The molecule has 0 saturated carbocycles. The molecule has 4 aliphatic rings. The van der Waals surface area contributed by atoms with Gasteiger partial charge in [-0.25, -0.2) is 0 Å². The highest BCUT2D eigenvalue weighted by Crippen LogP contribution is 2.47. The number of hydrogen-bond acceptors (Lipinski definition) is 3. The number of nitrogens with zero attached hydrogens (tertiary/aromatic N) is 3. The second kappa shape index (κ2) is 7.99. The van der Waals surface area contributed by atoms with Crippen LogP contribution in [0.5, 0.6) is 0 Å². The molecule has 6 heteroatoms.